The van der Waals surface area contributed by atoms with E-state index in [-0.39, 0.29) is 12.1 Å². The molecule has 1 aliphatic heterocycles. The maximum absolute atomic E-state index is 6.06. The number of benzene rings is 1. The van der Waals surface area contributed by atoms with E-state index in [1.54, 1.807) is 7.11 Å². The highest BCUT2D eigenvalue weighted by molar-refractivity contribution is 5.45. The first-order valence-electron chi connectivity index (χ1n) is 8.17. The number of hydrogen-bond acceptors (Lipinski definition) is 3. The van der Waals surface area contributed by atoms with Gasteiger partial charge in [-0.2, -0.15) is 0 Å². The first-order chi connectivity index (χ1) is 10.2. The molecule has 1 N–H and O–H groups in total. The maximum atomic E-state index is 6.06. The van der Waals surface area contributed by atoms with Crippen molar-refractivity contribution in [1.29, 1.82) is 0 Å². The van der Waals surface area contributed by atoms with Gasteiger partial charge in [0.2, 0.25) is 0 Å². The third-order valence-electron chi connectivity index (χ3n) is 4.23. The van der Waals surface area contributed by atoms with Crippen LogP contribution in [0.15, 0.2) is 12.1 Å². The molecule has 1 aliphatic rings. The van der Waals surface area contributed by atoms with Gasteiger partial charge < -0.3 is 14.8 Å². The lowest BCUT2D eigenvalue weighted by Crippen LogP contribution is -2.37. The van der Waals surface area contributed by atoms with Crippen molar-refractivity contribution < 1.29 is 9.47 Å². The lowest BCUT2D eigenvalue weighted by Gasteiger charge is -2.33. The van der Waals surface area contributed by atoms with Crippen LogP contribution in [0.25, 0.3) is 0 Å². The summed E-state index contributed by atoms with van der Waals surface area (Å²) in [6, 6.07) is 4.59. The molecule has 2 atom stereocenters. The molecule has 1 heterocycles. The predicted molar refractivity (Wildman–Crippen MR) is 87.1 cm³/mol. The molecule has 0 amide bonds. The van der Waals surface area contributed by atoms with Crippen molar-refractivity contribution in [3.63, 3.8) is 0 Å². The number of nitrogens with one attached hydrogen (secondary N) is 1. The van der Waals surface area contributed by atoms with Crippen molar-refractivity contribution in [3.05, 3.63) is 28.8 Å². The fourth-order valence-electron chi connectivity index (χ4n) is 3.25. The number of aryl methyl sites for hydroxylation is 2. The van der Waals surface area contributed by atoms with Gasteiger partial charge in [-0.25, -0.2) is 0 Å². The van der Waals surface area contributed by atoms with E-state index in [4.69, 9.17) is 9.47 Å². The minimum atomic E-state index is 0.223. The molecule has 118 valence electrons. The van der Waals surface area contributed by atoms with E-state index in [9.17, 15) is 0 Å². The van der Waals surface area contributed by atoms with E-state index < -0.39 is 0 Å². The maximum Gasteiger partial charge on any atom is 0.124 e. The summed E-state index contributed by atoms with van der Waals surface area (Å²) in [6.07, 6.45) is 4.93. The Bertz CT molecular complexity index is 453. The van der Waals surface area contributed by atoms with Crippen LogP contribution in [0.5, 0.6) is 5.75 Å². The predicted octanol–water partition coefficient (Wildman–Crippen LogP) is 3.92. The van der Waals surface area contributed by atoms with Crippen LogP contribution in [0, 0.1) is 13.8 Å². The lowest BCUT2D eigenvalue weighted by atomic mass is 9.91. The second kappa shape index (κ2) is 7.81. The molecule has 0 saturated carbocycles. The van der Waals surface area contributed by atoms with E-state index in [1.165, 1.54) is 29.5 Å². The molecule has 1 aromatic rings. The largest absolute Gasteiger partial charge is 0.496 e. The molecule has 3 heteroatoms. The van der Waals surface area contributed by atoms with Gasteiger partial charge in [-0.1, -0.05) is 13.0 Å². The molecular formula is C18H29NO2. The molecule has 0 radical (unpaired) electrons. The van der Waals surface area contributed by atoms with Crippen LogP contribution in [0.2, 0.25) is 0 Å². The van der Waals surface area contributed by atoms with E-state index in [2.05, 4.69) is 38.2 Å². The minimum absolute atomic E-state index is 0.223. The molecule has 0 aromatic heterocycles. The van der Waals surface area contributed by atoms with Gasteiger partial charge in [-0.05, 0) is 63.3 Å². The zero-order chi connectivity index (χ0) is 15.2. The van der Waals surface area contributed by atoms with Gasteiger partial charge in [0.05, 0.1) is 19.3 Å². The molecule has 0 spiro atoms. The van der Waals surface area contributed by atoms with Gasteiger partial charge in [0.25, 0.3) is 0 Å². The Morgan fingerprint density at radius 1 is 1.33 bits per heavy atom. The molecule has 3 nitrogen and oxygen atoms in total. The van der Waals surface area contributed by atoms with Crippen molar-refractivity contribution >= 4 is 0 Å². The molecule has 1 fully saturated rings. The molecule has 1 aromatic carbocycles. The second-order valence-electron chi connectivity index (χ2n) is 6.03. The molecule has 2 unspecified atom stereocenters. The summed E-state index contributed by atoms with van der Waals surface area (Å²) in [4.78, 5) is 0. The fraction of sp³-hybridized carbons (Fsp3) is 0.667. The van der Waals surface area contributed by atoms with Gasteiger partial charge in [0, 0.05) is 12.2 Å². The fourth-order valence-corrected chi connectivity index (χ4v) is 3.25. The van der Waals surface area contributed by atoms with E-state index in [0.717, 1.165) is 31.7 Å². The van der Waals surface area contributed by atoms with Crippen LogP contribution in [-0.4, -0.2) is 26.4 Å². The molecular weight excluding hydrogens is 262 g/mol. The van der Waals surface area contributed by atoms with Gasteiger partial charge in [-0.15, -0.1) is 0 Å². The monoisotopic (exact) mass is 291 g/mol. The van der Waals surface area contributed by atoms with Crippen molar-refractivity contribution in [3.8, 4) is 5.75 Å². The topological polar surface area (TPSA) is 30.5 Å². The third kappa shape index (κ3) is 3.98. The standard InChI is InChI=1S/C18H29NO2/c1-5-9-19-18(15-8-6-7-10-21-15)17-14(3)11-13(2)12-16(17)20-4/h11-12,15,18-19H,5-10H2,1-4H3. The highest BCUT2D eigenvalue weighted by atomic mass is 16.5. The molecule has 0 bridgehead atoms. The average Bonchev–Trinajstić information content (AvgIpc) is 2.49. The Balaban J connectivity index is 2.34. The normalized spacial score (nSPS) is 20.3. The summed E-state index contributed by atoms with van der Waals surface area (Å²) in [5.41, 5.74) is 3.80. The van der Waals surface area contributed by atoms with Gasteiger partial charge >= 0.3 is 0 Å². The van der Waals surface area contributed by atoms with Crippen molar-refractivity contribution in [1.82, 2.24) is 5.32 Å². The van der Waals surface area contributed by atoms with E-state index >= 15 is 0 Å². The number of methoxy groups -OCH3 is 1. The SMILES string of the molecule is CCCNC(c1c(C)cc(C)cc1OC)C1CCCCO1. The van der Waals surface area contributed by atoms with Gasteiger partial charge in [-0.3, -0.25) is 0 Å². The van der Waals surface area contributed by atoms with Crippen LogP contribution in [-0.2, 0) is 4.74 Å². The third-order valence-corrected chi connectivity index (χ3v) is 4.23. The summed E-state index contributed by atoms with van der Waals surface area (Å²) in [5, 5.41) is 3.69. The average molecular weight is 291 g/mol. The van der Waals surface area contributed by atoms with Crippen molar-refractivity contribution in [2.75, 3.05) is 20.3 Å². The Labute approximate surface area is 129 Å². The summed E-state index contributed by atoms with van der Waals surface area (Å²) < 4.78 is 11.7. The number of rotatable bonds is 6. The summed E-state index contributed by atoms with van der Waals surface area (Å²) in [5.74, 6) is 0.982. The Morgan fingerprint density at radius 3 is 2.76 bits per heavy atom. The van der Waals surface area contributed by atoms with Gasteiger partial charge in [0.15, 0.2) is 0 Å². The van der Waals surface area contributed by atoms with Crippen LogP contribution in [0.3, 0.4) is 0 Å². The first-order valence-corrected chi connectivity index (χ1v) is 8.17. The van der Waals surface area contributed by atoms with E-state index in [1.807, 2.05) is 0 Å². The summed E-state index contributed by atoms with van der Waals surface area (Å²) in [7, 11) is 1.76. The number of ether oxygens (including phenoxy) is 2. The van der Waals surface area contributed by atoms with Crippen LogP contribution < -0.4 is 10.1 Å². The molecule has 0 aliphatic carbocycles. The van der Waals surface area contributed by atoms with Crippen molar-refractivity contribution in [2.24, 2.45) is 0 Å². The summed E-state index contributed by atoms with van der Waals surface area (Å²) in [6.45, 7) is 8.37. The highest BCUT2D eigenvalue weighted by Crippen LogP contribution is 2.35. The van der Waals surface area contributed by atoms with Crippen LogP contribution in [0.1, 0.15) is 55.3 Å². The van der Waals surface area contributed by atoms with Crippen LogP contribution in [0.4, 0.5) is 0 Å². The van der Waals surface area contributed by atoms with Gasteiger partial charge in [0.1, 0.15) is 5.75 Å². The second-order valence-corrected chi connectivity index (χ2v) is 6.03. The first kappa shape index (κ1) is 16.3. The highest BCUT2D eigenvalue weighted by Gasteiger charge is 2.29. The molecule has 21 heavy (non-hydrogen) atoms. The zero-order valence-corrected chi connectivity index (χ0v) is 13.9. The zero-order valence-electron chi connectivity index (χ0n) is 13.9. The van der Waals surface area contributed by atoms with Crippen molar-refractivity contribution in [2.45, 2.75) is 58.6 Å². The smallest absolute Gasteiger partial charge is 0.124 e. The molecule has 2 rings (SSSR count). The lowest BCUT2D eigenvalue weighted by molar-refractivity contribution is -0.00873. The minimum Gasteiger partial charge on any atom is -0.496 e. The summed E-state index contributed by atoms with van der Waals surface area (Å²) >= 11 is 0. The molecule has 1 saturated heterocycles. The van der Waals surface area contributed by atoms with Crippen LogP contribution >= 0.6 is 0 Å². The Morgan fingerprint density at radius 2 is 2.14 bits per heavy atom. The Kier molecular flexibility index (Phi) is 6.07. The Hall–Kier alpha value is -1.06. The van der Waals surface area contributed by atoms with E-state index in [0.29, 0.717) is 0 Å². The quantitative estimate of drug-likeness (QED) is 0.861. The number of hydrogen-bond donors (Lipinski definition) is 1.